The standard InChI is InChI=1S/C24H21BrN6O/c25-17-5-7-18(8-6-17)31-22(16-3-4-16)21(28-29-31)24(32)30-12-9-15(10-13-30)20-14-27-23-19(20)2-1-11-26-23/h1-2,5-9,11,14,16H,3-4,10,12-13H2,(H,26,27). The zero-order chi connectivity index (χ0) is 21.7. The molecule has 7 nitrogen and oxygen atoms in total. The molecule has 0 radical (unpaired) electrons. The van der Waals surface area contributed by atoms with Crippen molar-refractivity contribution in [3.8, 4) is 5.69 Å². The maximum absolute atomic E-state index is 13.4. The van der Waals surface area contributed by atoms with E-state index in [1.54, 1.807) is 6.20 Å². The Morgan fingerprint density at radius 1 is 1.16 bits per heavy atom. The molecular formula is C24H21BrN6O. The highest BCUT2D eigenvalue weighted by atomic mass is 79.9. The summed E-state index contributed by atoms with van der Waals surface area (Å²) in [5.41, 5.74) is 5.66. The largest absolute Gasteiger partial charge is 0.346 e. The minimum atomic E-state index is -0.0360. The van der Waals surface area contributed by atoms with Crippen LogP contribution in [0.5, 0.6) is 0 Å². The number of nitrogens with zero attached hydrogens (tertiary/aromatic N) is 5. The van der Waals surface area contributed by atoms with Crippen LogP contribution in [0, 0.1) is 0 Å². The summed E-state index contributed by atoms with van der Waals surface area (Å²) in [6.45, 7) is 1.23. The normalized spacial score (nSPS) is 16.4. The van der Waals surface area contributed by atoms with Gasteiger partial charge in [0.25, 0.3) is 5.91 Å². The molecule has 160 valence electrons. The third kappa shape index (κ3) is 3.35. The fourth-order valence-corrected chi connectivity index (χ4v) is 4.67. The number of pyridine rings is 1. The molecule has 1 aromatic carbocycles. The Hall–Kier alpha value is -3.26. The summed E-state index contributed by atoms with van der Waals surface area (Å²) in [4.78, 5) is 22.9. The molecule has 0 spiro atoms. The van der Waals surface area contributed by atoms with Gasteiger partial charge in [-0.05, 0) is 61.2 Å². The Morgan fingerprint density at radius 2 is 2.00 bits per heavy atom. The van der Waals surface area contributed by atoms with E-state index < -0.39 is 0 Å². The zero-order valence-electron chi connectivity index (χ0n) is 17.3. The summed E-state index contributed by atoms with van der Waals surface area (Å²) < 4.78 is 2.84. The number of aromatic nitrogens is 5. The van der Waals surface area contributed by atoms with Gasteiger partial charge in [0.1, 0.15) is 5.65 Å². The lowest BCUT2D eigenvalue weighted by Crippen LogP contribution is -2.35. The van der Waals surface area contributed by atoms with E-state index in [0.29, 0.717) is 24.7 Å². The Morgan fingerprint density at radius 3 is 2.75 bits per heavy atom. The van der Waals surface area contributed by atoms with E-state index in [1.807, 2.05) is 46.1 Å². The molecule has 6 rings (SSSR count). The summed E-state index contributed by atoms with van der Waals surface area (Å²) in [5.74, 6) is 0.313. The molecule has 2 aliphatic rings. The highest BCUT2D eigenvalue weighted by Gasteiger charge is 2.36. The van der Waals surface area contributed by atoms with Gasteiger partial charge in [0.05, 0.1) is 11.4 Å². The second-order valence-electron chi connectivity index (χ2n) is 8.32. The lowest BCUT2D eigenvalue weighted by Gasteiger charge is -2.26. The third-order valence-corrected chi connectivity index (χ3v) is 6.76. The topological polar surface area (TPSA) is 79.7 Å². The van der Waals surface area contributed by atoms with E-state index in [2.05, 4.69) is 48.4 Å². The van der Waals surface area contributed by atoms with E-state index in [-0.39, 0.29) is 5.91 Å². The number of hydrogen-bond donors (Lipinski definition) is 1. The van der Waals surface area contributed by atoms with Crippen LogP contribution in [-0.4, -0.2) is 48.9 Å². The van der Waals surface area contributed by atoms with Crippen molar-refractivity contribution in [3.05, 3.63) is 76.3 Å². The van der Waals surface area contributed by atoms with Crippen LogP contribution < -0.4 is 0 Å². The van der Waals surface area contributed by atoms with Crippen LogP contribution in [0.2, 0.25) is 0 Å². The van der Waals surface area contributed by atoms with Crippen LogP contribution in [0.15, 0.2) is 59.3 Å². The van der Waals surface area contributed by atoms with Gasteiger partial charge >= 0.3 is 0 Å². The van der Waals surface area contributed by atoms with Crippen LogP contribution in [0.25, 0.3) is 22.3 Å². The Bertz CT molecular complexity index is 1350. The maximum Gasteiger partial charge on any atom is 0.276 e. The number of hydrogen-bond acceptors (Lipinski definition) is 4. The van der Waals surface area contributed by atoms with E-state index >= 15 is 0 Å². The predicted octanol–water partition coefficient (Wildman–Crippen LogP) is 4.71. The minimum Gasteiger partial charge on any atom is -0.346 e. The van der Waals surface area contributed by atoms with Gasteiger partial charge in [-0.1, -0.05) is 27.2 Å². The van der Waals surface area contributed by atoms with Crippen LogP contribution in [0.1, 0.15) is 46.9 Å². The second kappa shape index (κ2) is 7.70. The fourth-order valence-electron chi connectivity index (χ4n) is 4.41. The smallest absolute Gasteiger partial charge is 0.276 e. The Kier molecular flexibility index (Phi) is 4.68. The first-order valence-electron chi connectivity index (χ1n) is 10.8. The van der Waals surface area contributed by atoms with Crippen molar-refractivity contribution in [2.24, 2.45) is 0 Å². The molecule has 0 saturated heterocycles. The molecule has 4 heterocycles. The van der Waals surface area contributed by atoms with Crippen molar-refractivity contribution in [2.75, 3.05) is 13.1 Å². The molecule has 1 aliphatic carbocycles. The molecule has 0 atom stereocenters. The first-order valence-corrected chi connectivity index (χ1v) is 11.6. The molecular weight excluding hydrogens is 468 g/mol. The summed E-state index contributed by atoms with van der Waals surface area (Å²) in [5, 5.41) is 9.82. The van der Waals surface area contributed by atoms with Crippen molar-refractivity contribution in [3.63, 3.8) is 0 Å². The average Bonchev–Trinajstić information content (AvgIpc) is 3.42. The summed E-state index contributed by atoms with van der Waals surface area (Å²) in [6, 6.07) is 12.0. The van der Waals surface area contributed by atoms with Gasteiger partial charge in [-0.2, -0.15) is 0 Å². The van der Waals surface area contributed by atoms with E-state index in [9.17, 15) is 4.79 Å². The number of carbonyl (C=O) groups is 1. The number of halogens is 1. The monoisotopic (exact) mass is 488 g/mol. The van der Waals surface area contributed by atoms with Crippen molar-refractivity contribution in [1.29, 1.82) is 0 Å². The van der Waals surface area contributed by atoms with E-state index in [1.165, 1.54) is 11.1 Å². The van der Waals surface area contributed by atoms with Crippen molar-refractivity contribution >= 4 is 38.4 Å². The highest BCUT2D eigenvalue weighted by Crippen LogP contribution is 2.42. The molecule has 3 aromatic heterocycles. The van der Waals surface area contributed by atoms with E-state index in [4.69, 9.17) is 0 Å². The number of rotatable bonds is 4. The molecule has 1 fully saturated rings. The summed E-state index contributed by atoms with van der Waals surface area (Å²) in [6.07, 6.45) is 8.89. The number of nitrogens with one attached hydrogen (secondary N) is 1. The third-order valence-electron chi connectivity index (χ3n) is 6.24. The fraction of sp³-hybridized carbons (Fsp3) is 0.250. The average molecular weight is 489 g/mol. The summed E-state index contributed by atoms with van der Waals surface area (Å²) in [7, 11) is 0. The van der Waals surface area contributed by atoms with Crippen molar-refractivity contribution < 1.29 is 4.79 Å². The van der Waals surface area contributed by atoms with Crippen LogP contribution in [0.4, 0.5) is 0 Å². The minimum absolute atomic E-state index is 0.0360. The van der Waals surface area contributed by atoms with Crippen molar-refractivity contribution in [2.45, 2.75) is 25.2 Å². The first-order chi connectivity index (χ1) is 15.7. The Balaban J connectivity index is 1.27. The molecule has 4 aromatic rings. The van der Waals surface area contributed by atoms with E-state index in [0.717, 1.165) is 46.1 Å². The number of H-pyrrole nitrogens is 1. The number of amides is 1. The lowest BCUT2D eigenvalue weighted by atomic mass is 9.99. The molecule has 1 saturated carbocycles. The SMILES string of the molecule is O=C(c1nnn(-c2ccc(Br)cc2)c1C1CC1)N1CC=C(c2c[nH]c3ncccc23)CC1. The highest BCUT2D eigenvalue weighted by molar-refractivity contribution is 9.10. The summed E-state index contributed by atoms with van der Waals surface area (Å²) >= 11 is 3.47. The van der Waals surface area contributed by atoms with Gasteiger partial charge < -0.3 is 9.88 Å². The number of carbonyl (C=O) groups excluding carboxylic acids is 1. The number of fused-ring (bicyclic) bond motifs is 1. The second-order valence-corrected chi connectivity index (χ2v) is 9.23. The molecule has 32 heavy (non-hydrogen) atoms. The van der Waals surface area contributed by atoms with Crippen LogP contribution >= 0.6 is 15.9 Å². The predicted molar refractivity (Wildman–Crippen MR) is 126 cm³/mol. The zero-order valence-corrected chi connectivity index (χ0v) is 18.9. The van der Waals surface area contributed by atoms with Crippen molar-refractivity contribution in [1.82, 2.24) is 29.9 Å². The lowest BCUT2D eigenvalue weighted by molar-refractivity contribution is 0.0765. The molecule has 1 amide bonds. The molecule has 1 aliphatic heterocycles. The quantitative estimate of drug-likeness (QED) is 0.450. The van der Waals surface area contributed by atoms with Crippen LogP contribution in [0.3, 0.4) is 0 Å². The van der Waals surface area contributed by atoms with Gasteiger partial charge in [0.2, 0.25) is 0 Å². The molecule has 8 heteroatoms. The van der Waals surface area contributed by atoms with Gasteiger partial charge in [0, 0.05) is 46.8 Å². The molecule has 0 bridgehead atoms. The van der Waals surface area contributed by atoms with Gasteiger partial charge in [0.15, 0.2) is 5.69 Å². The van der Waals surface area contributed by atoms with Gasteiger partial charge in [-0.15, -0.1) is 5.10 Å². The van der Waals surface area contributed by atoms with Crippen LogP contribution in [-0.2, 0) is 0 Å². The maximum atomic E-state index is 13.4. The first kappa shape index (κ1) is 19.4. The Labute approximate surface area is 193 Å². The van der Waals surface area contributed by atoms with Gasteiger partial charge in [-0.3, -0.25) is 4.79 Å². The number of aromatic amines is 1. The molecule has 1 N–H and O–H groups in total. The molecule has 0 unspecified atom stereocenters. The van der Waals surface area contributed by atoms with Gasteiger partial charge in [-0.25, -0.2) is 9.67 Å². The number of benzene rings is 1.